The second-order valence-electron chi connectivity index (χ2n) is 11.9. The van der Waals surface area contributed by atoms with E-state index in [1.54, 1.807) is 0 Å². The van der Waals surface area contributed by atoms with Gasteiger partial charge in [0.2, 0.25) is 5.91 Å². The molecule has 1 saturated carbocycles. The largest absolute Gasteiger partial charge is 0.394 e. The van der Waals surface area contributed by atoms with Crippen molar-refractivity contribution in [2.75, 3.05) is 39.3 Å². The van der Waals surface area contributed by atoms with Gasteiger partial charge in [0, 0.05) is 32.1 Å². The van der Waals surface area contributed by atoms with Crippen LogP contribution in [0.4, 0.5) is 0 Å². The van der Waals surface area contributed by atoms with E-state index in [0.717, 1.165) is 0 Å². The minimum Gasteiger partial charge on any atom is -0.394 e. The second kappa shape index (κ2) is 17.7. The van der Waals surface area contributed by atoms with Gasteiger partial charge in [-0.2, -0.15) is 0 Å². The molecular formula is C26H53N7O11. The number of carbonyl (C=O) groups is 1. The molecule has 0 radical (unpaired) electrons. The van der Waals surface area contributed by atoms with E-state index in [1.807, 2.05) is 0 Å². The van der Waals surface area contributed by atoms with Crippen LogP contribution in [0.5, 0.6) is 0 Å². The molecule has 1 amide bonds. The van der Waals surface area contributed by atoms with Crippen molar-refractivity contribution in [2.24, 2.45) is 34.6 Å². The minimum absolute atomic E-state index is 0.0161. The predicted molar refractivity (Wildman–Crippen MR) is 153 cm³/mol. The number of carbonyl (C=O) groups excluding carboxylic acids is 1. The van der Waals surface area contributed by atoms with Gasteiger partial charge in [-0.25, -0.2) is 5.06 Å². The molecule has 1 aliphatic carbocycles. The fourth-order valence-corrected chi connectivity index (χ4v) is 5.89. The highest BCUT2D eigenvalue weighted by Gasteiger charge is 2.51. The minimum atomic E-state index is -1.55. The van der Waals surface area contributed by atoms with Crippen LogP contribution in [0.1, 0.15) is 32.1 Å². The van der Waals surface area contributed by atoms with Crippen LogP contribution >= 0.6 is 0 Å². The van der Waals surface area contributed by atoms with Gasteiger partial charge in [0.1, 0.15) is 30.5 Å². The summed E-state index contributed by atoms with van der Waals surface area (Å²) in [7, 11) is 0. The highest BCUT2D eigenvalue weighted by molar-refractivity contribution is 5.75. The van der Waals surface area contributed by atoms with Gasteiger partial charge >= 0.3 is 0 Å². The summed E-state index contributed by atoms with van der Waals surface area (Å²) in [5.41, 5.74) is 29.6. The van der Waals surface area contributed by atoms with Gasteiger partial charge in [0.15, 0.2) is 12.6 Å². The summed E-state index contributed by atoms with van der Waals surface area (Å²) in [4.78, 5) is 12.7. The SMILES string of the molecule is NCCC(O)CNC[C@@H]1CC[C@@H](N)[C@@H](OC2[C@@H](N)C[C@@H](CC(=O)N(O)CCN)[C@H](O[C@H]3O[C@H](CO)[C@@H](O)[C@H](N)[C@H]3O)[C@H]2O)O1. The first kappa shape index (κ1) is 37.3. The molecule has 258 valence electrons. The molecule has 2 aliphatic heterocycles. The molecule has 3 aliphatic rings. The number of aliphatic hydroxyl groups excluding tert-OH is 5. The Labute approximate surface area is 256 Å². The number of amides is 1. The van der Waals surface area contributed by atoms with Crippen LogP contribution in [-0.2, 0) is 23.7 Å². The number of rotatable bonds is 15. The van der Waals surface area contributed by atoms with Crippen molar-refractivity contribution < 1.29 is 54.5 Å². The maximum Gasteiger partial charge on any atom is 0.246 e. The van der Waals surface area contributed by atoms with Gasteiger partial charge in [-0.1, -0.05) is 0 Å². The lowest BCUT2D eigenvalue weighted by Gasteiger charge is -2.48. The van der Waals surface area contributed by atoms with Gasteiger partial charge in [-0.15, -0.1) is 0 Å². The zero-order chi connectivity index (χ0) is 32.6. The quantitative estimate of drug-likeness (QED) is 0.0585. The first-order chi connectivity index (χ1) is 20.9. The third-order valence-corrected chi connectivity index (χ3v) is 8.47. The number of hydroxylamine groups is 2. The van der Waals surface area contributed by atoms with Crippen LogP contribution in [0.2, 0.25) is 0 Å². The van der Waals surface area contributed by atoms with E-state index in [-0.39, 0.29) is 32.0 Å². The summed E-state index contributed by atoms with van der Waals surface area (Å²) in [6, 6.07) is -2.61. The van der Waals surface area contributed by atoms with Crippen molar-refractivity contribution in [1.29, 1.82) is 0 Å². The molecule has 2 heterocycles. The summed E-state index contributed by atoms with van der Waals surface area (Å²) in [5, 5.41) is 65.7. The number of hydrogen-bond acceptors (Lipinski definition) is 17. The molecule has 0 spiro atoms. The monoisotopic (exact) mass is 639 g/mol. The van der Waals surface area contributed by atoms with Crippen molar-refractivity contribution in [3.63, 3.8) is 0 Å². The molecule has 0 aromatic rings. The van der Waals surface area contributed by atoms with E-state index in [4.69, 9.17) is 47.6 Å². The molecule has 18 nitrogen and oxygen atoms in total. The first-order valence-electron chi connectivity index (χ1n) is 15.2. The third kappa shape index (κ3) is 9.67. The van der Waals surface area contributed by atoms with Crippen LogP contribution < -0.4 is 34.0 Å². The fraction of sp³-hybridized carbons (Fsp3) is 0.962. The summed E-state index contributed by atoms with van der Waals surface area (Å²) in [5.74, 6) is -1.48. The molecule has 18 heteroatoms. The van der Waals surface area contributed by atoms with E-state index >= 15 is 0 Å². The Bertz CT molecular complexity index is 867. The Hall–Kier alpha value is -1.17. The standard InChI is InChI=1S/C26H53N7O11/c27-4-3-13(35)9-32-10-14-1-2-15(29)25(41-14)44-24-16(30)7-12(8-18(36)33(40)6-5-28)23(22(24)39)43-26-21(38)19(31)20(37)17(11-34)42-26/h12-17,19-26,32,34-35,37-40H,1-11,27-31H2/t12-,13?,14-,15+,16-,17+,19-,20+,21+,22+,23-,24?,25+,26+/m0/s1. The number of ether oxygens (including phenoxy) is 4. The molecule has 2 saturated heterocycles. The molecule has 3 rings (SSSR count). The Morgan fingerprint density at radius 3 is 2.32 bits per heavy atom. The van der Waals surface area contributed by atoms with E-state index in [9.17, 15) is 35.5 Å². The van der Waals surface area contributed by atoms with E-state index < -0.39 is 91.9 Å². The van der Waals surface area contributed by atoms with Gasteiger partial charge in [-0.3, -0.25) is 10.0 Å². The van der Waals surface area contributed by atoms with Crippen LogP contribution in [0, 0.1) is 5.92 Å². The predicted octanol–water partition coefficient (Wildman–Crippen LogP) is -6.07. The zero-order valence-electron chi connectivity index (χ0n) is 24.9. The fourth-order valence-electron chi connectivity index (χ4n) is 5.89. The number of nitrogens with zero attached hydrogens (tertiary/aromatic N) is 1. The first-order valence-corrected chi connectivity index (χ1v) is 15.2. The summed E-state index contributed by atoms with van der Waals surface area (Å²) in [6.07, 6.45) is -9.85. The average Bonchev–Trinajstić information content (AvgIpc) is 2.98. The lowest BCUT2D eigenvalue weighted by molar-refractivity contribution is -0.318. The molecule has 14 atom stereocenters. The topological polar surface area (TPSA) is 321 Å². The lowest BCUT2D eigenvalue weighted by Crippen LogP contribution is -2.66. The summed E-state index contributed by atoms with van der Waals surface area (Å²) in [6.45, 7) is 0.396. The number of nitrogens with one attached hydrogen (secondary N) is 1. The Morgan fingerprint density at radius 2 is 1.66 bits per heavy atom. The van der Waals surface area contributed by atoms with Crippen LogP contribution in [-0.4, -0.2) is 161 Å². The Morgan fingerprint density at radius 1 is 0.955 bits per heavy atom. The van der Waals surface area contributed by atoms with Gasteiger partial charge < -0.3 is 78.5 Å². The second-order valence-corrected chi connectivity index (χ2v) is 11.9. The smallest absolute Gasteiger partial charge is 0.246 e. The van der Waals surface area contributed by atoms with Crippen LogP contribution in [0.25, 0.3) is 0 Å². The van der Waals surface area contributed by atoms with Crippen molar-refractivity contribution in [2.45, 2.75) is 112 Å². The molecule has 2 unspecified atom stereocenters. The lowest BCUT2D eigenvalue weighted by atomic mass is 9.77. The average molecular weight is 640 g/mol. The van der Waals surface area contributed by atoms with Gasteiger partial charge in [0.25, 0.3) is 0 Å². The zero-order valence-corrected chi connectivity index (χ0v) is 24.9. The van der Waals surface area contributed by atoms with Crippen molar-refractivity contribution >= 4 is 5.91 Å². The van der Waals surface area contributed by atoms with E-state index in [0.29, 0.717) is 44.0 Å². The molecule has 3 fully saturated rings. The Kier molecular flexibility index (Phi) is 15.0. The maximum atomic E-state index is 12.7. The van der Waals surface area contributed by atoms with Gasteiger partial charge in [0.05, 0.1) is 43.5 Å². The number of hydrogen-bond donors (Lipinski definition) is 12. The summed E-state index contributed by atoms with van der Waals surface area (Å²) < 4.78 is 23.8. The highest BCUT2D eigenvalue weighted by atomic mass is 16.7. The molecule has 17 N–H and O–H groups in total. The third-order valence-electron chi connectivity index (χ3n) is 8.47. The normalized spacial score (nSPS) is 40.5. The molecular weight excluding hydrogens is 586 g/mol. The highest BCUT2D eigenvalue weighted by Crippen LogP contribution is 2.36. The maximum absolute atomic E-state index is 12.7. The van der Waals surface area contributed by atoms with Crippen molar-refractivity contribution in [1.82, 2.24) is 10.4 Å². The van der Waals surface area contributed by atoms with E-state index in [1.165, 1.54) is 0 Å². The van der Waals surface area contributed by atoms with Gasteiger partial charge in [-0.05, 0) is 38.1 Å². The molecule has 44 heavy (non-hydrogen) atoms. The van der Waals surface area contributed by atoms with Crippen molar-refractivity contribution in [3.8, 4) is 0 Å². The number of nitrogens with two attached hydrogens (primary N) is 5. The number of aliphatic hydroxyl groups is 5. The molecule has 0 aromatic heterocycles. The van der Waals surface area contributed by atoms with E-state index in [2.05, 4.69) is 5.32 Å². The molecule has 0 aromatic carbocycles. The van der Waals surface area contributed by atoms with Crippen LogP contribution in [0.15, 0.2) is 0 Å². The Balaban J connectivity index is 1.75. The molecule has 0 bridgehead atoms. The van der Waals surface area contributed by atoms with Crippen molar-refractivity contribution in [3.05, 3.63) is 0 Å². The summed E-state index contributed by atoms with van der Waals surface area (Å²) >= 11 is 0. The van der Waals surface area contributed by atoms with Crippen LogP contribution in [0.3, 0.4) is 0 Å².